The molecular weight excluding hydrogens is 440 g/mol. The highest BCUT2D eigenvalue weighted by atomic mass is 16.5. The third kappa shape index (κ3) is 5.20. The van der Waals surface area contributed by atoms with Crippen LogP contribution in [0.25, 0.3) is 17.5 Å². The largest absolute Gasteiger partial charge is 0.349 e. The normalized spacial score (nSPS) is 15.7. The van der Waals surface area contributed by atoms with E-state index in [1.165, 1.54) is 0 Å². The van der Waals surface area contributed by atoms with Crippen LogP contribution in [0.15, 0.2) is 46.5 Å². The predicted octanol–water partition coefficient (Wildman–Crippen LogP) is 4.38. The SMILES string of the molecule is CCCn1c(C)cc(/C=C(\C#N)C(=O)N2CCN(C(C)c3nc(-c4ccccc4)no3)CC2)c1C. The van der Waals surface area contributed by atoms with Crippen LogP contribution in [-0.2, 0) is 11.3 Å². The molecule has 182 valence electrons. The summed E-state index contributed by atoms with van der Waals surface area (Å²) in [4.78, 5) is 21.7. The van der Waals surface area contributed by atoms with Gasteiger partial charge in [0.05, 0.1) is 6.04 Å². The number of hydrogen-bond donors (Lipinski definition) is 0. The molecule has 0 spiro atoms. The van der Waals surface area contributed by atoms with Crippen LogP contribution in [0.2, 0.25) is 0 Å². The first-order chi connectivity index (χ1) is 16.9. The third-order valence-corrected chi connectivity index (χ3v) is 6.69. The van der Waals surface area contributed by atoms with Gasteiger partial charge in [-0.25, -0.2) is 0 Å². The Morgan fingerprint density at radius 2 is 1.91 bits per heavy atom. The second kappa shape index (κ2) is 10.7. The first-order valence-corrected chi connectivity index (χ1v) is 12.1. The molecule has 1 amide bonds. The number of benzene rings is 1. The lowest BCUT2D eigenvalue weighted by Crippen LogP contribution is -2.49. The number of carbonyl (C=O) groups excluding carboxylic acids is 1. The summed E-state index contributed by atoms with van der Waals surface area (Å²) in [6, 6.07) is 13.8. The molecule has 2 aromatic heterocycles. The number of aryl methyl sites for hydroxylation is 1. The van der Waals surface area contributed by atoms with Crippen molar-refractivity contribution < 1.29 is 9.32 Å². The van der Waals surface area contributed by atoms with Gasteiger partial charge in [-0.15, -0.1) is 0 Å². The monoisotopic (exact) mass is 472 g/mol. The van der Waals surface area contributed by atoms with Crippen molar-refractivity contribution in [2.24, 2.45) is 0 Å². The smallest absolute Gasteiger partial charge is 0.264 e. The summed E-state index contributed by atoms with van der Waals surface area (Å²) in [7, 11) is 0. The van der Waals surface area contributed by atoms with Gasteiger partial charge in [0.1, 0.15) is 11.6 Å². The van der Waals surface area contributed by atoms with E-state index in [-0.39, 0.29) is 17.5 Å². The van der Waals surface area contributed by atoms with Crippen LogP contribution in [0.5, 0.6) is 0 Å². The third-order valence-electron chi connectivity index (χ3n) is 6.69. The van der Waals surface area contributed by atoms with Crippen LogP contribution in [0.1, 0.15) is 49.2 Å². The molecule has 8 heteroatoms. The summed E-state index contributed by atoms with van der Waals surface area (Å²) in [5.41, 5.74) is 4.24. The van der Waals surface area contributed by atoms with Crippen molar-refractivity contribution in [1.29, 1.82) is 5.26 Å². The van der Waals surface area contributed by atoms with Gasteiger partial charge >= 0.3 is 0 Å². The van der Waals surface area contributed by atoms with E-state index in [0.29, 0.717) is 37.9 Å². The standard InChI is InChI=1S/C27H32N6O2/c1-5-11-33-19(2)16-23(20(33)3)17-24(18-28)27(34)32-14-12-31(13-15-32)21(4)26-29-25(30-35-26)22-9-7-6-8-10-22/h6-10,16-17,21H,5,11-15H2,1-4H3/b24-17+. The Hall–Kier alpha value is -3.70. The summed E-state index contributed by atoms with van der Waals surface area (Å²) in [5.74, 6) is 0.913. The number of aromatic nitrogens is 3. The van der Waals surface area contributed by atoms with Crippen LogP contribution < -0.4 is 0 Å². The van der Waals surface area contributed by atoms with E-state index < -0.39 is 0 Å². The van der Waals surface area contributed by atoms with Gasteiger partial charge in [0.15, 0.2) is 0 Å². The molecule has 4 rings (SSSR count). The molecule has 1 atom stereocenters. The molecule has 35 heavy (non-hydrogen) atoms. The minimum atomic E-state index is -0.218. The highest BCUT2D eigenvalue weighted by Crippen LogP contribution is 2.24. The molecule has 0 bridgehead atoms. The lowest BCUT2D eigenvalue weighted by molar-refractivity contribution is -0.128. The Morgan fingerprint density at radius 1 is 1.20 bits per heavy atom. The quantitative estimate of drug-likeness (QED) is 0.374. The maximum atomic E-state index is 13.1. The topological polar surface area (TPSA) is 91.2 Å². The molecule has 1 fully saturated rings. The predicted molar refractivity (Wildman–Crippen MR) is 134 cm³/mol. The van der Waals surface area contributed by atoms with E-state index in [1.807, 2.05) is 50.2 Å². The molecule has 3 aromatic rings. The van der Waals surface area contributed by atoms with Gasteiger partial charge in [0.25, 0.3) is 5.91 Å². The maximum absolute atomic E-state index is 13.1. The number of nitrogens with zero attached hydrogens (tertiary/aromatic N) is 6. The minimum absolute atomic E-state index is 0.0628. The Labute approximate surface area is 206 Å². The molecular formula is C27H32N6O2. The molecule has 3 heterocycles. The summed E-state index contributed by atoms with van der Waals surface area (Å²) < 4.78 is 7.76. The lowest BCUT2D eigenvalue weighted by Gasteiger charge is -2.36. The zero-order valence-corrected chi connectivity index (χ0v) is 20.9. The van der Waals surface area contributed by atoms with Crippen molar-refractivity contribution in [2.75, 3.05) is 26.2 Å². The van der Waals surface area contributed by atoms with E-state index in [1.54, 1.807) is 11.0 Å². The Kier molecular flexibility index (Phi) is 7.47. The van der Waals surface area contributed by atoms with Gasteiger partial charge in [0.2, 0.25) is 11.7 Å². The van der Waals surface area contributed by atoms with Crippen molar-refractivity contribution >= 4 is 12.0 Å². The van der Waals surface area contributed by atoms with Gasteiger partial charge < -0.3 is 14.0 Å². The van der Waals surface area contributed by atoms with E-state index in [2.05, 4.69) is 39.5 Å². The van der Waals surface area contributed by atoms with Gasteiger partial charge in [-0.1, -0.05) is 42.4 Å². The summed E-state index contributed by atoms with van der Waals surface area (Å²) >= 11 is 0. The number of amides is 1. The number of hydrogen-bond acceptors (Lipinski definition) is 6. The highest BCUT2D eigenvalue weighted by Gasteiger charge is 2.29. The Balaban J connectivity index is 1.40. The van der Waals surface area contributed by atoms with E-state index in [9.17, 15) is 10.1 Å². The van der Waals surface area contributed by atoms with Crippen LogP contribution in [-0.4, -0.2) is 56.6 Å². The molecule has 1 aliphatic heterocycles. The molecule has 8 nitrogen and oxygen atoms in total. The number of rotatable bonds is 7. The fourth-order valence-electron chi connectivity index (χ4n) is 4.59. The van der Waals surface area contributed by atoms with Crippen molar-refractivity contribution in [2.45, 2.75) is 46.7 Å². The lowest BCUT2D eigenvalue weighted by atomic mass is 10.1. The molecule has 0 aliphatic carbocycles. The van der Waals surface area contributed by atoms with Gasteiger partial charge in [-0.3, -0.25) is 9.69 Å². The molecule has 1 aromatic carbocycles. The average Bonchev–Trinajstić information content (AvgIpc) is 3.48. The minimum Gasteiger partial charge on any atom is -0.349 e. The van der Waals surface area contributed by atoms with Gasteiger partial charge in [-0.05, 0) is 44.9 Å². The first-order valence-electron chi connectivity index (χ1n) is 12.1. The average molecular weight is 473 g/mol. The van der Waals surface area contributed by atoms with Crippen molar-refractivity contribution in [3.63, 3.8) is 0 Å². The molecule has 1 aliphatic rings. The van der Waals surface area contributed by atoms with Crippen molar-refractivity contribution in [3.8, 4) is 17.5 Å². The summed E-state index contributed by atoms with van der Waals surface area (Å²) in [5, 5.41) is 13.9. The number of carbonyl (C=O) groups is 1. The molecule has 0 radical (unpaired) electrons. The van der Waals surface area contributed by atoms with Crippen LogP contribution in [0.4, 0.5) is 0 Å². The Bertz CT molecular complexity index is 1240. The highest BCUT2D eigenvalue weighted by molar-refractivity contribution is 6.01. The molecule has 0 N–H and O–H groups in total. The maximum Gasteiger partial charge on any atom is 0.264 e. The van der Waals surface area contributed by atoms with Crippen molar-refractivity contribution in [3.05, 3.63) is 64.8 Å². The van der Waals surface area contributed by atoms with Crippen LogP contribution in [0.3, 0.4) is 0 Å². The Morgan fingerprint density at radius 3 is 2.57 bits per heavy atom. The first kappa shape index (κ1) is 24.4. The fourth-order valence-corrected chi connectivity index (χ4v) is 4.59. The second-order valence-electron chi connectivity index (χ2n) is 8.97. The van der Waals surface area contributed by atoms with E-state index >= 15 is 0 Å². The zero-order chi connectivity index (χ0) is 24.9. The summed E-state index contributed by atoms with van der Waals surface area (Å²) in [6.07, 6.45) is 2.76. The zero-order valence-electron chi connectivity index (χ0n) is 20.9. The molecule has 1 unspecified atom stereocenters. The number of piperazine rings is 1. The van der Waals surface area contributed by atoms with E-state index in [0.717, 1.165) is 35.5 Å². The molecule has 1 saturated heterocycles. The van der Waals surface area contributed by atoms with Gasteiger partial charge in [-0.2, -0.15) is 10.2 Å². The van der Waals surface area contributed by atoms with Gasteiger partial charge in [0, 0.05) is 49.7 Å². The molecule has 0 saturated carbocycles. The number of nitriles is 1. The van der Waals surface area contributed by atoms with Crippen molar-refractivity contribution in [1.82, 2.24) is 24.5 Å². The fraction of sp³-hybridized carbons (Fsp3) is 0.407. The van der Waals surface area contributed by atoms with Crippen LogP contribution in [0, 0.1) is 25.2 Å². The second-order valence-corrected chi connectivity index (χ2v) is 8.97. The van der Waals surface area contributed by atoms with Crippen LogP contribution >= 0.6 is 0 Å². The summed E-state index contributed by atoms with van der Waals surface area (Å²) in [6.45, 7) is 11.6. The van der Waals surface area contributed by atoms with E-state index in [4.69, 9.17) is 4.52 Å².